The van der Waals surface area contributed by atoms with E-state index in [1.165, 1.54) is 22.8 Å². The lowest BCUT2D eigenvalue weighted by Crippen LogP contribution is -2.26. The minimum absolute atomic E-state index is 0.0646. The zero-order valence-corrected chi connectivity index (χ0v) is 15.4. The van der Waals surface area contributed by atoms with Crippen LogP contribution in [-0.4, -0.2) is 30.6 Å². The number of nitrogens with two attached hydrogens (primary N) is 1. The van der Waals surface area contributed by atoms with Crippen LogP contribution in [0.15, 0.2) is 60.8 Å². The van der Waals surface area contributed by atoms with E-state index in [1.807, 2.05) is 24.3 Å². The molecule has 0 bridgehead atoms. The van der Waals surface area contributed by atoms with Crippen LogP contribution in [0.3, 0.4) is 0 Å². The minimum atomic E-state index is -0.639. The second-order valence-corrected chi connectivity index (χ2v) is 6.03. The average molecular weight is 374 g/mol. The zero-order chi connectivity index (χ0) is 20.3. The molecule has 0 unspecified atom stereocenters. The molecule has 1 aromatic heterocycles. The standard InChI is InChI=1S/C21H18N4O3/c1-24(20(26)14-6-4-3-5-7-14)16-8-10-17(11-9-16)25-13-15(12-22)18(23)19(25)21(27)28-2/h3-11,13H,23H2,1-2H3. The van der Waals surface area contributed by atoms with Crippen LogP contribution in [0.2, 0.25) is 0 Å². The monoisotopic (exact) mass is 374 g/mol. The summed E-state index contributed by atoms with van der Waals surface area (Å²) in [6, 6.07) is 17.9. The molecule has 28 heavy (non-hydrogen) atoms. The van der Waals surface area contributed by atoms with Crippen LogP contribution in [0.25, 0.3) is 5.69 Å². The number of aromatic nitrogens is 1. The Balaban J connectivity index is 1.95. The molecule has 2 N–H and O–H groups in total. The predicted octanol–water partition coefficient (Wildman–Crippen LogP) is 2.99. The molecule has 140 valence electrons. The summed E-state index contributed by atoms with van der Waals surface area (Å²) in [5, 5.41) is 9.20. The molecule has 7 nitrogen and oxygen atoms in total. The highest BCUT2D eigenvalue weighted by atomic mass is 16.5. The van der Waals surface area contributed by atoms with Crippen molar-refractivity contribution in [3.05, 3.63) is 77.6 Å². The van der Waals surface area contributed by atoms with Gasteiger partial charge in [-0.25, -0.2) is 4.79 Å². The lowest BCUT2D eigenvalue weighted by molar-refractivity contribution is 0.0593. The molecule has 3 rings (SSSR count). The van der Waals surface area contributed by atoms with Crippen molar-refractivity contribution in [2.75, 3.05) is 24.8 Å². The van der Waals surface area contributed by atoms with Crippen molar-refractivity contribution in [2.45, 2.75) is 0 Å². The van der Waals surface area contributed by atoms with Gasteiger partial charge in [0.15, 0.2) is 5.69 Å². The highest BCUT2D eigenvalue weighted by Gasteiger charge is 2.22. The summed E-state index contributed by atoms with van der Waals surface area (Å²) in [4.78, 5) is 26.2. The fourth-order valence-electron chi connectivity index (χ4n) is 2.85. The van der Waals surface area contributed by atoms with Crippen molar-refractivity contribution in [3.8, 4) is 11.8 Å². The van der Waals surface area contributed by atoms with Gasteiger partial charge >= 0.3 is 5.97 Å². The van der Waals surface area contributed by atoms with Crippen LogP contribution in [0, 0.1) is 11.3 Å². The van der Waals surface area contributed by atoms with Crippen molar-refractivity contribution in [1.82, 2.24) is 4.57 Å². The molecule has 0 aliphatic carbocycles. The van der Waals surface area contributed by atoms with Gasteiger partial charge < -0.3 is 19.9 Å². The summed E-state index contributed by atoms with van der Waals surface area (Å²) in [5.41, 5.74) is 8.11. The third-order valence-electron chi connectivity index (χ3n) is 4.38. The predicted molar refractivity (Wildman–Crippen MR) is 105 cm³/mol. The largest absolute Gasteiger partial charge is 0.464 e. The number of nitriles is 1. The highest BCUT2D eigenvalue weighted by molar-refractivity contribution is 6.05. The van der Waals surface area contributed by atoms with Crippen LogP contribution in [0.5, 0.6) is 0 Å². The number of esters is 1. The molecule has 0 saturated carbocycles. The molecule has 7 heteroatoms. The third kappa shape index (κ3) is 3.31. The Morgan fingerprint density at radius 2 is 1.75 bits per heavy atom. The molecule has 3 aromatic rings. The topological polar surface area (TPSA) is 101 Å². The van der Waals surface area contributed by atoms with E-state index in [-0.39, 0.29) is 22.9 Å². The number of ether oxygens (including phenoxy) is 1. The van der Waals surface area contributed by atoms with Crippen LogP contribution < -0.4 is 10.6 Å². The first-order valence-electron chi connectivity index (χ1n) is 8.40. The van der Waals surface area contributed by atoms with Crippen LogP contribution >= 0.6 is 0 Å². The van der Waals surface area contributed by atoms with Gasteiger partial charge in [-0.15, -0.1) is 0 Å². The van der Waals surface area contributed by atoms with E-state index in [0.717, 1.165) is 0 Å². The Labute approximate surface area is 162 Å². The molecule has 1 amide bonds. The van der Waals surface area contributed by atoms with Crippen molar-refractivity contribution >= 4 is 23.3 Å². The number of hydrogen-bond acceptors (Lipinski definition) is 5. The molecular formula is C21H18N4O3. The lowest BCUT2D eigenvalue weighted by atomic mass is 10.2. The Kier molecular flexibility index (Phi) is 5.14. The third-order valence-corrected chi connectivity index (χ3v) is 4.38. The van der Waals surface area contributed by atoms with E-state index < -0.39 is 5.97 Å². The molecule has 0 fully saturated rings. The number of methoxy groups -OCH3 is 1. The summed E-state index contributed by atoms with van der Waals surface area (Å²) in [6.45, 7) is 0. The number of anilines is 2. The van der Waals surface area contributed by atoms with E-state index in [1.54, 1.807) is 43.4 Å². The molecule has 2 aromatic carbocycles. The van der Waals surface area contributed by atoms with E-state index >= 15 is 0 Å². The van der Waals surface area contributed by atoms with Gasteiger partial charge in [0.2, 0.25) is 0 Å². The van der Waals surface area contributed by atoms with Gasteiger partial charge in [-0.05, 0) is 36.4 Å². The minimum Gasteiger partial charge on any atom is -0.464 e. The Morgan fingerprint density at radius 1 is 1.11 bits per heavy atom. The van der Waals surface area contributed by atoms with Gasteiger partial charge in [0.1, 0.15) is 6.07 Å². The number of carbonyl (C=O) groups is 2. The summed E-state index contributed by atoms with van der Waals surface area (Å²) in [5.74, 6) is -0.778. The van der Waals surface area contributed by atoms with Gasteiger partial charge in [-0.1, -0.05) is 18.2 Å². The van der Waals surface area contributed by atoms with Crippen LogP contribution in [0.4, 0.5) is 11.4 Å². The maximum Gasteiger partial charge on any atom is 0.357 e. The van der Waals surface area contributed by atoms with Gasteiger partial charge in [0.05, 0.1) is 18.4 Å². The Hall–Kier alpha value is -4.05. The first kappa shape index (κ1) is 18.7. The molecular weight excluding hydrogens is 356 g/mol. The van der Waals surface area contributed by atoms with Gasteiger partial charge in [0, 0.05) is 30.2 Å². The fourth-order valence-corrected chi connectivity index (χ4v) is 2.85. The maximum atomic E-state index is 12.6. The van der Waals surface area contributed by atoms with E-state index in [4.69, 9.17) is 10.5 Å². The number of carbonyl (C=O) groups excluding carboxylic acids is 2. The number of nitrogens with zero attached hydrogens (tertiary/aromatic N) is 3. The molecule has 0 aliphatic rings. The molecule has 0 radical (unpaired) electrons. The van der Waals surface area contributed by atoms with Crippen LogP contribution in [-0.2, 0) is 4.74 Å². The van der Waals surface area contributed by atoms with Crippen molar-refractivity contribution in [1.29, 1.82) is 5.26 Å². The second kappa shape index (κ2) is 7.68. The SMILES string of the molecule is COC(=O)c1c(N)c(C#N)cn1-c1ccc(N(C)C(=O)c2ccccc2)cc1. The molecule has 0 spiro atoms. The average Bonchev–Trinajstić information content (AvgIpc) is 3.09. The second-order valence-electron chi connectivity index (χ2n) is 6.03. The summed E-state index contributed by atoms with van der Waals surface area (Å²) >= 11 is 0. The van der Waals surface area contributed by atoms with Crippen molar-refractivity contribution in [2.24, 2.45) is 0 Å². The number of rotatable bonds is 4. The summed E-state index contributed by atoms with van der Waals surface area (Å²) < 4.78 is 6.28. The number of amides is 1. The first-order valence-corrected chi connectivity index (χ1v) is 8.40. The highest BCUT2D eigenvalue weighted by Crippen LogP contribution is 2.26. The summed E-state index contributed by atoms with van der Waals surface area (Å²) in [6.07, 6.45) is 1.48. The Morgan fingerprint density at radius 3 is 2.32 bits per heavy atom. The van der Waals surface area contributed by atoms with Crippen molar-refractivity contribution in [3.63, 3.8) is 0 Å². The van der Waals surface area contributed by atoms with E-state index in [9.17, 15) is 14.9 Å². The Bertz CT molecular complexity index is 1060. The number of hydrogen-bond donors (Lipinski definition) is 1. The fraction of sp³-hybridized carbons (Fsp3) is 0.0952. The van der Waals surface area contributed by atoms with Crippen molar-refractivity contribution < 1.29 is 14.3 Å². The molecule has 1 heterocycles. The first-order chi connectivity index (χ1) is 13.5. The van der Waals surface area contributed by atoms with E-state index in [2.05, 4.69) is 0 Å². The van der Waals surface area contributed by atoms with Gasteiger partial charge in [-0.3, -0.25) is 4.79 Å². The van der Waals surface area contributed by atoms with Gasteiger partial charge in [0.25, 0.3) is 5.91 Å². The smallest absolute Gasteiger partial charge is 0.357 e. The molecule has 0 saturated heterocycles. The molecule has 0 aliphatic heterocycles. The van der Waals surface area contributed by atoms with Crippen LogP contribution in [0.1, 0.15) is 26.4 Å². The number of nitrogen functional groups attached to an aromatic ring is 1. The lowest BCUT2D eigenvalue weighted by Gasteiger charge is -2.18. The quantitative estimate of drug-likeness (QED) is 0.708. The normalized spacial score (nSPS) is 10.2. The number of benzene rings is 2. The maximum absolute atomic E-state index is 12.6. The molecule has 0 atom stereocenters. The van der Waals surface area contributed by atoms with Gasteiger partial charge in [-0.2, -0.15) is 5.26 Å². The zero-order valence-electron chi connectivity index (χ0n) is 15.4. The summed E-state index contributed by atoms with van der Waals surface area (Å²) in [7, 11) is 2.93. The van der Waals surface area contributed by atoms with E-state index in [0.29, 0.717) is 16.9 Å².